The van der Waals surface area contributed by atoms with E-state index in [4.69, 9.17) is 4.74 Å². The highest BCUT2D eigenvalue weighted by atomic mass is 16.5. The minimum atomic E-state index is -0.729. The number of pyridine rings is 1. The summed E-state index contributed by atoms with van der Waals surface area (Å²) in [6, 6.07) is 11.3. The van der Waals surface area contributed by atoms with Gasteiger partial charge in [-0.15, -0.1) is 10.2 Å². The van der Waals surface area contributed by atoms with Crippen LogP contribution in [0.1, 0.15) is 5.56 Å². The Morgan fingerprint density at radius 1 is 1.22 bits per heavy atom. The number of aryl methyl sites for hydroxylation is 1. The Balaban J connectivity index is 1.55. The molecule has 0 spiro atoms. The van der Waals surface area contributed by atoms with Gasteiger partial charge in [-0.05, 0) is 36.4 Å². The summed E-state index contributed by atoms with van der Waals surface area (Å²) in [4.78, 5) is 5.37. The van der Waals surface area contributed by atoms with Gasteiger partial charge in [0.15, 0.2) is 0 Å². The number of benzene rings is 1. The third-order valence-electron chi connectivity index (χ3n) is 3.21. The topological polar surface area (TPSA) is 86.0 Å². The molecule has 0 aliphatic heterocycles. The summed E-state index contributed by atoms with van der Waals surface area (Å²) in [6.45, 7) is 2.38. The van der Waals surface area contributed by atoms with E-state index in [1.807, 2.05) is 37.3 Å². The van der Waals surface area contributed by atoms with Crippen LogP contribution in [0, 0.1) is 6.92 Å². The zero-order valence-corrected chi connectivity index (χ0v) is 12.7. The van der Waals surface area contributed by atoms with E-state index < -0.39 is 6.10 Å². The SMILES string of the molecule is Cc1ccc(OCC(O)Cn2nnc(-c3cccnc3)n2)cc1. The van der Waals surface area contributed by atoms with Gasteiger partial charge in [-0.3, -0.25) is 4.98 Å². The first-order valence-corrected chi connectivity index (χ1v) is 7.26. The molecule has 3 rings (SSSR count). The first kappa shape index (κ1) is 15.1. The predicted molar refractivity (Wildman–Crippen MR) is 83.7 cm³/mol. The van der Waals surface area contributed by atoms with Gasteiger partial charge in [0.2, 0.25) is 5.82 Å². The quantitative estimate of drug-likeness (QED) is 0.742. The minimum Gasteiger partial charge on any atom is -0.491 e. The maximum atomic E-state index is 10.0. The van der Waals surface area contributed by atoms with E-state index in [0.717, 1.165) is 16.9 Å². The average Bonchev–Trinajstić information content (AvgIpc) is 3.04. The average molecular weight is 311 g/mol. The van der Waals surface area contributed by atoms with Gasteiger partial charge >= 0.3 is 0 Å². The lowest BCUT2D eigenvalue weighted by molar-refractivity contribution is 0.0850. The van der Waals surface area contributed by atoms with Gasteiger partial charge in [0.25, 0.3) is 0 Å². The summed E-state index contributed by atoms with van der Waals surface area (Å²) in [7, 11) is 0. The molecule has 0 fully saturated rings. The molecule has 2 aromatic heterocycles. The van der Waals surface area contributed by atoms with E-state index in [9.17, 15) is 5.11 Å². The number of aliphatic hydroxyl groups excluding tert-OH is 1. The molecule has 0 aliphatic carbocycles. The first-order chi connectivity index (χ1) is 11.2. The first-order valence-electron chi connectivity index (χ1n) is 7.26. The molecule has 0 saturated heterocycles. The summed E-state index contributed by atoms with van der Waals surface area (Å²) in [6.07, 6.45) is 2.62. The molecule has 0 saturated carbocycles. The highest BCUT2D eigenvalue weighted by Gasteiger charge is 2.11. The van der Waals surface area contributed by atoms with Crippen LogP contribution in [0.2, 0.25) is 0 Å². The summed E-state index contributed by atoms with van der Waals surface area (Å²) < 4.78 is 5.54. The van der Waals surface area contributed by atoms with Crippen molar-refractivity contribution in [2.45, 2.75) is 19.6 Å². The molecule has 0 radical (unpaired) electrons. The molecule has 3 aromatic rings. The third-order valence-corrected chi connectivity index (χ3v) is 3.21. The maximum Gasteiger partial charge on any atom is 0.206 e. The molecule has 0 amide bonds. The maximum absolute atomic E-state index is 10.0. The molecular weight excluding hydrogens is 294 g/mol. The van der Waals surface area contributed by atoms with Crippen LogP contribution in [0.4, 0.5) is 0 Å². The largest absolute Gasteiger partial charge is 0.491 e. The lowest BCUT2D eigenvalue weighted by Crippen LogP contribution is -2.24. The molecule has 7 nitrogen and oxygen atoms in total. The second-order valence-corrected chi connectivity index (χ2v) is 5.19. The number of rotatable bonds is 6. The molecule has 2 heterocycles. The van der Waals surface area contributed by atoms with Gasteiger partial charge in [0.05, 0.1) is 6.54 Å². The smallest absolute Gasteiger partial charge is 0.206 e. The van der Waals surface area contributed by atoms with Gasteiger partial charge in [-0.25, -0.2) is 0 Å². The summed E-state index contributed by atoms with van der Waals surface area (Å²) >= 11 is 0. The van der Waals surface area contributed by atoms with Crippen molar-refractivity contribution in [3.8, 4) is 17.1 Å². The molecular formula is C16H17N5O2. The molecule has 0 bridgehead atoms. The van der Waals surface area contributed by atoms with Crippen molar-refractivity contribution in [3.05, 3.63) is 54.4 Å². The van der Waals surface area contributed by atoms with Crippen LogP contribution in [0.15, 0.2) is 48.8 Å². The Hall–Kier alpha value is -2.80. The Bertz CT molecular complexity index is 743. The van der Waals surface area contributed by atoms with Crippen molar-refractivity contribution in [3.63, 3.8) is 0 Å². The lowest BCUT2D eigenvalue weighted by atomic mass is 10.2. The van der Waals surface area contributed by atoms with E-state index in [1.54, 1.807) is 18.5 Å². The van der Waals surface area contributed by atoms with Crippen LogP contribution in [0.25, 0.3) is 11.4 Å². The highest BCUT2D eigenvalue weighted by Crippen LogP contribution is 2.12. The van der Waals surface area contributed by atoms with Gasteiger partial charge in [0.1, 0.15) is 18.5 Å². The van der Waals surface area contributed by atoms with Crippen molar-refractivity contribution >= 4 is 0 Å². The molecule has 118 valence electrons. The van der Waals surface area contributed by atoms with Crippen molar-refractivity contribution in [1.29, 1.82) is 0 Å². The second kappa shape index (κ2) is 6.97. The number of hydrogen-bond donors (Lipinski definition) is 1. The number of ether oxygens (including phenoxy) is 1. The highest BCUT2D eigenvalue weighted by molar-refractivity contribution is 5.51. The van der Waals surface area contributed by atoms with Crippen molar-refractivity contribution < 1.29 is 9.84 Å². The molecule has 23 heavy (non-hydrogen) atoms. The van der Waals surface area contributed by atoms with E-state index in [2.05, 4.69) is 20.4 Å². The van der Waals surface area contributed by atoms with Gasteiger partial charge in [-0.1, -0.05) is 17.7 Å². The number of tetrazole rings is 1. The fraction of sp³-hybridized carbons (Fsp3) is 0.250. The van der Waals surface area contributed by atoms with Crippen molar-refractivity contribution in [1.82, 2.24) is 25.2 Å². The summed E-state index contributed by atoms with van der Waals surface area (Å²) in [5, 5.41) is 22.1. The van der Waals surface area contributed by atoms with Crippen molar-refractivity contribution in [2.75, 3.05) is 6.61 Å². The second-order valence-electron chi connectivity index (χ2n) is 5.19. The van der Waals surface area contributed by atoms with Crippen LogP contribution in [0.5, 0.6) is 5.75 Å². The Labute approximate surface area is 133 Å². The van der Waals surface area contributed by atoms with Gasteiger partial charge in [-0.2, -0.15) is 4.80 Å². The molecule has 1 aromatic carbocycles. The Morgan fingerprint density at radius 2 is 2.04 bits per heavy atom. The summed E-state index contributed by atoms with van der Waals surface area (Å²) in [5.74, 6) is 1.20. The molecule has 1 unspecified atom stereocenters. The fourth-order valence-corrected chi connectivity index (χ4v) is 2.00. The van der Waals surface area contributed by atoms with E-state index in [1.165, 1.54) is 4.80 Å². The number of hydrogen-bond acceptors (Lipinski definition) is 6. The number of aliphatic hydroxyl groups is 1. The molecule has 0 aliphatic rings. The summed E-state index contributed by atoms with van der Waals surface area (Å²) in [5.41, 5.74) is 1.94. The van der Waals surface area contributed by atoms with E-state index in [0.29, 0.717) is 5.82 Å². The lowest BCUT2D eigenvalue weighted by Gasteiger charge is -2.11. The normalized spacial score (nSPS) is 12.1. The fourth-order valence-electron chi connectivity index (χ4n) is 2.00. The van der Waals surface area contributed by atoms with E-state index >= 15 is 0 Å². The molecule has 1 N–H and O–H groups in total. The zero-order chi connectivity index (χ0) is 16.1. The minimum absolute atomic E-state index is 0.160. The van der Waals surface area contributed by atoms with Crippen molar-refractivity contribution in [2.24, 2.45) is 0 Å². The van der Waals surface area contributed by atoms with Gasteiger partial charge < -0.3 is 9.84 Å². The third kappa shape index (κ3) is 4.10. The van der Waals surface area contributed by atoms with Gasteiger partial charge in [0, 0.05) is 18.0 Å². The molecule has 7 heteroatoms. The number of aromatic nitrogens is 5. The molecule has 1 atom stereocenters. The van der Waals surface area contributed by atoms with Crippen LogP contribution in [-0.2, 0) is 6.54 Å². The standard InChI is InChI=1S/C16H17N5O2/c1-12-4-6-15(7-5-12)23-11-14(22)10-21-19-16(18-20-21)13-3-2-8-17-9-13/h2-9,14,22H,10-11H2,1H3. The van der Waals surface area contributed by atoms with Crippen LogP contribution in [0.3, 0.4) is 0 Å². The van der Waals surface area contributed by atoms with Crippen LogP contribution in [-0.4, -0.2) is 43.0 Å². The number of nitrogens with zero attached hydrogens (tertiary/aromatic N) is 5. The Kier molecular flexibility index (Phi) is 4.58. The predicted octanol–water partition coefficient (Wildman–Crippen LogP) is 1.48. The van der Waals surface area contributed by atoms with E-state index in [-0.39, 0.29) is 13.2 Å². The Morgan fingerprint density at radius 3 is 2.78 bits per heavy atom. The van der Waals surface area contributed by atoms with Crippen LogP contribution >= 0.6 is 0 Å². The van der Waals surface area contributed by atoms with Crippen LogP contribution < -0.4 is 4.74 Å². The monoisotopic (exact) mass is 311 g/mol. The zero-order valence-electron chi connectivity index (χ0n) is 12.7.